The second kappa shape index (κ2) is 7.95. The normalized spacial score (nSPS) is 11.9. The molecule has 0 aliphatic carbocycles. The molecule has 0 fully saturated rings. The second-order valence-corrected chi connectivity index (χ2v) is 7.77. The lowest BCUT2D eigenvalue weighted by Gasteiger charge is -2.08. The Morgan fingerprint density at radius 3 is 2.38 bits per heavy atom. The van der Waals surface area contributed by atoms with Crippen LogP contribution in [0, 0.1) is 5.82 Å². The third-order valence-corrected chi connectivity index (χ3v) is 5.76. The highest BCUT2D eigenvalue weighted by molar-refractivity contribution is 7.98. The Balaban J connectivity index is 1.60. The number of benzene rings is 3. The maximum atomic E-state index is 13.5. The van der Waals surface area contributed by atoms with Gasteiger partial charge in [-0.25, -0.2) is 4.39 Å². The van der Waals surface area contributed by atoms with Gasteiger partial charge in [0.05, 0.1) is 5.56 Å². The highest BCUT2D eigenvalue weighted by atomic mass is 32.2. The molecule has 0 aliphatic rings. The first-order chi connectivity index (χ1) is 13.9. The number of nitrogens with zero attached hydrogens (tertiary/aromatic N) is 1. The van der Waals surface area contributed by atoms with Crippen molar-refractivity contribution in [3.05, 3.63) is 102 Å². The van der Waals surface area contributed by atoms with Gasteiger partial charge in [0.15, 0.2) is 0 Å². The molecule has 4 rings (SSSR count). The second-order valence-electron chi connectivity index (χ2n) is 6.76. The monoisotopic (exact) mass is 415 g/mol. The van der Waals surface area contributed by atoms with Crippen LogP contribution in [0.2, 0.25) is 0 Å². The molecule has 3 aromatic carbocycles. The van der Waals surface area contributed by atoms with Crippen molar-refractivity contribution in [2.75, 3.05) is 0 Å². The molecule has 0 N–H and O–H groups in total. The Bertz CT molecular complexity index is 1150. The number of halogens is 4. The fourth-order valence-electron chi connectivity index (χ4n) is 3.29. The lowest BCUT2D eigenvalue weighted by molar-refractivity contribution is -0.137. The van der Waals surface area contributed by atoms with Gasteiger partial charge in [-0.05, 0) is 35.4 Å². The van der Waals surface area contributed by atoms with E-state index in [2.05, 4.69) is 0 Å². The average Bonchev–Trinajstić information content (AvgIpc) is 3.04. The quantitative estimate of drug-likeness (QED) is 0.248. The highest BCUT2D eigenvalue weighted by Gasteiger charge is 2.30. The van der Waals surface area contributed by atoms with E-state index >= 15 is 0 Å². The lowest BCUT2D eigenvalue weighted by atomic mass is 10.1. The van der Waals surface area contributed by atoms with Crippen molar-refractivity contribution in [3.8, 4) is 0 Å². The highest BCUT2D eigenvalue weighted by Crippen LogP contribution is 2.34. The minimum Gasteiger partial charge on any atom is -0.342 e. The summed E-state index contributed by atoms with van der Waals surface area (Å²) in [6, 6.07) is 19.7. The van der Waals surface area contributed by atoms with Crippen LogP contribution in [0.25, 0.3) is 10.9 Å². The molecule has 6 heteroatoms. The van der Waals surface area contributed by atoms with Crippen molar-refractivity contribution in [1.29, 1.82) is 0 Å². The molecule has 0 bridgehead atoms. The van der Waals surface area contributed by atoms with Crippen LogP contribution in [0.4, 0.5) is 17.6 Å². The number of hydrogen-bond donors (Lipinski definition) is 0. The van der Waals surface area contributed by atoms with Gasteiger partial charge in [-0.2, -0.15) is 13.2 Å². The van der Waals surface area contributed by atoms with Crippen LogP contribution in [0.1, 0.15) is 16.7 Å². The van der Waals surface area contributed by atoms with Crippen LogP contribution in [0.3, 0.4) is 0 Å². The van der Waals surface area contributed by atoms with Gasteiger partial charge in [-0.3, -0.25) is 0 Å². The van der Waals surface area contributed by atoms with Crippen LogP contribution < -0.4 is 0 Å². The first-order valence-electron chi connectivity index (χ1n) is 9.01. The zero-order valence-corrected chi connectivity index (χ0v) is 16.1. The third kappa shape index (κ3) is 4.48. The molecule has 0 radical (unpaired) electrons. The topological polar surface area (TPSA) is 4.93 Å². The number of aromatic nitrogens is 1. The Morgan fingerprint density at radius 1 is 0.828 bits per heavy atom. The summed E-state index contributed by atoms with van der Waals surface area (Å²) in [6.07, 6.45) is -2.37. The Morgan fingerprint density at radius 2 is 1.59 bits per heavy atom. The largest absolute Gasteiger partial charge is 0.416 e. The summed E-state index contributed by atoms with van der Waals surface area (Å²) in [5.41, 5.74) is 1.83. The average molecular weight is 415 g/mol. The summed E-state index contributed by atoms with van der Waals surface area (Å²) in [6.45, 7) is 0.516. The molecule has 0 aliphatic heterocycles. The predicted molar refractivity (Wildman–Crippen MR) is 108 cm³/mol. The van der Waals surface area contributed by atoms with E-state index in [4.69, 9.17) is 0 Å². The van der Waals surface area contributed by atoms with E-state index in [0.717, 1.165) is 27.4 Å². The smallest absolute Gasteiger partial charge is 0.342 e. The molecule has 1 nitrogen and oxygen atoms in total. The van der Waals surface area contributed by atoms with E-state index in [1.165, 1.54) is 36.0 Å². The molecule has 1 heterocycles. The van der Waals surface area contributed by atoms with Crippen molar-refractivity contribution in [2.45, 2.75) is 23.4 Å². The number of fused-ring (bicyclic) bond motifs is 1. The molecule has 148 valence electrons. The molecule has 29 heavy (non-hydrogen) atoms. The van der Waals surface area contributed by atoms with Gasteiger partial charge < -0.3 is 4.57 Å². The molecule has 0 atom stereocenters. The molecular weight excluding hydrogens is 398 g/mol. The van der Waals surface area contributed by atoms with E-state index in [1.54, 1.807) is 12.1 Å². The number of thioether (sulfide) groups is 1. The number of alkyl halides is 3. The molecule has 0 amide bonds. The van der Waals surface area contributed by atoms with Crippen molar-refractivity contribution in [2.24, 2.45) is 0 Å². The van der Waals surface area contributed by atoms with Gasteiger partial charge in [0.1, 0.15) is 5.82 Å². The summed E-state index contributed by atoms with van der Waals surface area (Å²) in [5.74, 6) is 0.149. The van der Waals surface area contributed by atoms with E-state index in [1.807, 2.05) is 41.1 Å². The van der Waals surface area contributed by atoms with E-state index in [-0.39, 0.29) is 5.82 Å². The van der Waals surface area contributed by atoms with Crippen molar-refractivity contribution >= 4 is 22.7 Å². The maximum Gasteiger partial charge on any atom is 0.416 e. The summed E-state index contributed by atoms with van der Waals surface area (Å²) >= 11 is 1.49. The van der Waals surface area contributed by atoms with Gasteiger partial charge in [-0.15, -0.1) is 11.8 Å². The summed E-state index contributed by atoms with van der Waals surface area (Å²) < 4.78 is 54.4. The van der Waals surface area contributed by atoms with Gasteiger partial charge in [0.2, 0.25) is 0 Å². The zero-order valence-electron chi connectivity index (χ0n) is 15.3. The van der Waals surface area contributed by atoms with E-state index in [0.29, 0.717) is 17.9 Å². The molecular formula is C23H17F4NS. The zero-order chi connectivity index (χ0) is 20.4. The Kier molecular flexibility index (Phi) is 5.37. The summed E-state index contributed by atoms with van der Waals surface area (Å²) in [5, 5.41) is 1.03. The van der Waals surface area contributed by atoms with Crippen molar-refractivity contribution in [3.63, 3.8) is 0 Å². The van der Waals surface area contributed by atoms with Crippen LogP contribution >= 0.6 is 11.8 Å². The number of rotatable bonds is 5. The van der Waals surface area contributed by atoms with Crippen LogP contribution in [0.15, 0.2) is 83.9 Å². The number of para-hydroxylation sites is 1. The molecule has 0 saturated heterocycles. The maximum absolute atomic E-state index is 13.5. The first kappa shape index (κ1) is 19.6. The fourth-order valence-corrected chi connectivity index (χ4v) is 4.32. The van der Waals surface area contributed by atoms with Crippen molar-refractivity contribution in [1.82, 2.24) is 4.57 Å². The molecule has 0 saturated carbocycles. The molecule has 1 aromatic heterocycles. The minimum absolute atomic E-state index is 0.280. The van der Waals surface area contributed by atoms with Crippen molar-refractivity contribution < 1.29 is 17.6 Å². The molecule has 0 unspecified atom stereocenters. The summed E-state index contributed by atoms with van der Waals surface area (Å²) in [7, 11) is 0. The van der Waals surface area contributed by atoms with E-state index in [9.17, 15) is 17.6 Å². The fraction of sp³-hybridized carbons (Fsp3) is 0.130. The molecule has 0 spiro atoms. The SMILES string of the molecule is Fc1cccc(Cn2cc(SCc3cccc(C(F)(F)F)c3)c3ccccc32)c1. The Labute approximate surface area is 170 Å². The van der Waals surface area contributed by atoms with Crippen LogP contribution in [-0.4, -0.2) is 4.57 Å². The lowest BCUT2D eigenvalue weighted by Crippen LogP contribution is -2.04. The Hall–Kier alpha value is -2.73. The number of hydrogen-bond acceptors (Lipinski definition) is 1. The van der Waals surface area contributed by atoms with Crippen LogP contribution in [0.5, 0.6) is 0 Å². The van der Waals surface area contributed by atoms with Gasteiger partial charge >= 0.3 is 6.18 Å². The first-order valence-corrected chi connectivity index (χ1v) is 10.00. The third-order valence-electron chi connectivity index (χ3n) is 4.64. The standard InChI is InChI=1S/C23H17F4NS/c24-19-8-4-5-16(12-19)13-28-14-22(20-9-1-2-10-21(20)28)29-15-17-6-3-7-18(11-17)23(25,26)27/h1-12,14H,13,15H2. The van der Waals surface area contributed by atoms with Gasteiger partial charge in [0, 0.05) is 34.3 Å². The minimum atomic E-state index is -4.35. The van der Waals surface area contributed by atoms with E-state index < -0.39 is 11.7 Å². The van der Waals surface area contributed by atoms with Crippen LogP contribution in [-0.2, 0) is 18.5 Å². The summed E-state index contributed by atoms with van der Waals surface area (Å²) in [4.78, 5) is 0.981. The van der Waals surface area contributed by atoms with Gasteiger partial charge in [0.25, 0.3) is 0 Å². The van der Waals surface area contributed by atoms with Gasteiger partial charge in [-0.1, -0.05) is 48.5 Å². The predicted octanol–water partition coefficient (Wildman–Crippen LogP) is 7.14. The molecule has 4 aromatic rings.